The molecule has 2 amide bonds. The second kappa shape index (κ2) is 9.57. The summed E-state index contributed by atoms with van der Waals surface area (Å²) in [5.41, 5.74) is 2.60. The molecule has 11 heteroatoms. The molecule has 1 aliphatic rings. The molecule has 1 aromatic carbocycles. The topological polar surface area (TPSA) is 123 Å². The highest BCUT2D eigenvalue weighted by molar-refractivity contribution is 9.10. The van der Waals surface area contributed by atoms with E-state index in [9.17, 15) is 14.4 Å². The molecule has 1 fully saturated rings. The van der Waals surface area contributed by atoms with Gasteiger partial charge in [-0.15, -0.1) is 0 Å². The first-order valence-electron chi connectivity index (χ1n) is 11.3. The number of ketones is 1. The summed E-state index contributed by atoms with van der Waals surface area (Å²) >= 11 is 3.28. The maximum Gasteiger partial charge on any atom is 0.248 e. The van der Waals surface area contributed by atoms with Crippen molar-refractivity contribution >= 4 is 50.2 Å². The number of Topliss-reactive ketones (excluding diaryl/α,β-unsaturated/α-hetero) is 1. The minimum absolute atomic E-state index is 0.0876. The van der Waals surface area contributed by atoms with Crippen LogP contribution < -0.4 is 5.32 Å². The molecule has 0 unspecified atom stereocenters. The van der Waals surface area contributed by atoms with Crippen molar-refractivity contribution in [3.8, 4) is 11.1 Å². The summed E-state index contributed by atoms with van der Waals surface area (Å²) in [5.74, 6) is 0.333. The average molecular weight is 548 g/mol. The van der Waals surface area contributed by atoms with E-state index >= 15 is 0 Å². The van der Waals surface area contributed by atoms with Gasteiger partial charge in [0.25, 0.3) is 0 Å². The van der Waals surface area contributed by atoms with Crippen LogP contribution in [-0.2, 0) is 16.1 Å². The predicted octanol–water partition coefficient (Wildman–Crippen LogP) is 3.40. The van der Waals surface area contributed by atoms with Crippen LogP contribution in [0.1, 0.15) is 29.7 Å². The Morgan fingerprint density at radius 2 is 1.89 bits per heavy atom. The fourth-order valence-corrected chi connectivity index (χ4v) is 4.49. The SMILES string of the molecule is CC(=O)c1nn(CC(=O)N2CC[C@H]2C(=O)Nc2cccc(Br)n2)c2ccc(-c3cnc(C)nc3)cc12. The lowest BCUT2D eigenvalue weighted by Gasteiger charge is -2.39. The zero-order valence-electron chi connectivity index (χ0n) is 19.6. The molecule has 0 aliphatic carbocycles. The zero-order chi connectivity index (χ0) is 25.4. The molecule has 0 spiro atoms. The summed E-state index contributed by atoms with van der Waals surface area (Å²) in [6, 6.07) is 10.2. The van der Waals surface area contributed by atoms with E-state index in [1.807, 2.05) is 25.1 Å². The van der Waals surface area contributed by atoms with Gasteiger partial charge in [-0.3, -0.25) is 19.1 Å². The number of carbonyl (C=O) groups is 3. The largest absolute Gasteiger partial charge is 0.329 e. The average Bonchev–Trinajstić information content (AvgIpc) is 3.16. The monoisotopic (exact) mass is 547 g/mol. The van der Waals surface area contributed by atoms with Gasteiger partial charge in [-0.1, -0.05) is 12.1 Å². The van der Waals surface area contributed by atoms with E-state index in [1.165, 1.54) is 16.5 Å². The number of carbonyl (C=O) groups excluding carboxylic acids is 3. The number of likely N-dealkylation sites (tertiary alicyclic amines) is 1. The second-order valence-electron chi connectivity index (χ2n) is 8.54. The summed E-state index contributed by atoms with van der Waals surface area (Å²) in [6.07, 6.45) is 4.01. The van der Waals surface area contributed by atoms with Crippen molar-refractivity contribution in [3.63, 3.8) is 0 Å². The number of fused-ring (bicyclic) bond motifs is 1. The van der Waals surface area contributed by atoms with E-state index in [0.717, 1.165) is 11.1 Å². The summed E-state index contributed by atoms with van der Waals surface area (Å²) in [5, 5.41) is 7.84. The lowest BCUT2D eigenvalue weighted by atomic mass is 10.0. The number of anilines is 1. The highest BCUT2D eigenvalue weighted by Gasteiger charge is 2.38. The van der Waals surface area contributed by atoms with E-state index in [1.54, 1.807) is 30.6 Å². The third-order valence-corrected chi connectivity index (χ3v) is 6.53. The Hall–Kier alpha value is -3.99. The van der Waals surface area contributed by atoms with E-state index in [2.05, 4.69) is 41.3 Å². The lowest BCUT2D eigenvalue weighted by molar-refractivity contribution is -0.145. The van der Waals surface area contributed by atoms with Crippen LogP contribution in [0.5, 0.6) is 0 Å². The molecule has 1 saturated heterocycles. The molecule has 0 radical (unpaired) electrons. The Kier molecular flexibility index (Phi) is 6.31. The van der Waals surface area contributed by atoms with Crippen LogP contribution in [-0.4, -0.2) is 59.8 Å². The molecule has 4 heterocycles. The Morgan fingerprint density at radius 1 is 1.11 bits per heavy atom. The van der Waals surface area contributed by atoms with E-state index in [0.29, 0.717) is 40.1 Å². The number of hydrogen-bond donors (Lipinski definition) is 1. The fourth-order valence-electron chi connectivity index (χ4n) is 4.15. The zero-order valence-corrected chi connectivity index (χ0v) is 21.2. The Bertz CT molecular complexity index is 1500. The minimum Gasteiger partial charge on any atom is -0.329 e. The summed E-state index contributed by atoms with van der Waals surface area (Å²) in [4.78, 5) is 52.4. The van der Waals surface area contributed by atoms with Gasteiger partial charge in [0.2, 0.25) is 11.8 Å². The number of hydrogen-bond acceptors (Lipinski definition) is 7. The number of amides is 2. The maximum absolute atomic E-state index is 13.1. The number of nitrogens with zero attached hydrogens (tertiary/aromatic N) is 6. The first-order chi connectivity index (χ1) is 17.3. The molecular formula is C25H22BrN7O3. The van der Waals surface area contributed by atoms with Gasteiger partial charge in [0.15, 0.2) is 5.78 Å². The predicted molar refractivity (Wildman–Crippen MR) is 136 cm³/mol. The third kappa shape index (κ3) is 4.61. The van der Waals surface area contributed by atoms with Crippen molar-refractivity contribution in [2.75, 3.05) is 11.9 Å². The molecule has 0 saturated carbocycles. The molecule has 4 aromatic rings. The Labute approximate surface area is 214 Å². The van der Waals surface area contributed by atoms with Crippen molar-refractivity contribution in [2.45, 2.75) is 32.9 Å². The van der Waals surface area contributed by atoms with E-state index in [4.69, 9.17) is 0 Å². The molecule has 36 heavy (non-hydrogen) atoms. The standard InChI is InChI=1S/C25H22BrN7O3/c1-14(34)24-18-10-16(17-11-27-15(2)28-12-17)6-7-19(18)33(31-24)13-23(35)32-9-8-20(32)25(36)30-22-5-3-4-21(26)29-22/h3-7,10-12,20H,8-9,13H2,1-2H3,(H,29,30,36)/t20-/m0/s1. The fraction of sp³-hybridized carbons (Fsp3) is 0.240. The molecule has 1 N–H and O–H groups in total. The second-order valence-corrected chi connectivity index (χ2v) is 9.35. The summed E-state index contributed by atoms with van der Waals surface area (Å²) < 4.78 is 2.12. The summed E-state index contributed by atoms with van der Waals surface area (Å²) in [7, 11) is 0. The van der Waals surface area contributed by atoms with Crippen molar-refractivity contribution in [2.24, 2.45) is 0 Å². The Morgan fingerprint density at radius 3 is 2.56 bits per heavy atom. The van der Waals surface area contributed by atoms with Crippen LogP contribution >= 0.6 is 15.9 Å². The number of aryl methyl sites for hydroxylation is 1. The first-order valence-corrected chi connectivity index (χ1v) is 12.1. The minimum atomic E-state index is -0.583. The molecule has 1 aliphatic heterocycles. The molecule has 1 atom stereocenters. The highest BCUT2D eigenvalue weighted by atomic mass is 79.9. The number of rotatable bonds is 6. The van der Waals surface area contributed by atoms with Gasteiger partial charge in [0.05, 0.1) is 5.52 Å². The number of benzene rings is 1. The molecule has 182 valence electrons. The van der Waals surface area contributed by atoms with Gasteiger partial charge in [-0.05, 0) is 59.1 Å². The van der Waals surface area contributed by atoms with Crippen molar-refractivity contribution in [1.29, 1.82) is 0 Å². The highest BCUT2D eigenvalue weighted by Crippen LogP contribution is 2.27. The Balaban J connectivity index is 1.36. The van der Waals surface area contributed by atoms with Gasteiger partial charge in [-0.2, -0.15) is 5.10 Å². The van der Waals surface area contributed by atoms with Crippen LogP contribution in [0.25, 0.3) is 22.0 Å². The smallest absolute Gasteiger partial charge is 0.248 e. The number of aromatic nitrogens is 5. The van der Waals surface area contributed by atoms with Crippen molar-refractivity contribution in [1.82, 2.24) is 29.6 Å². The van der Waals surface area contributed by atoms with Crippen LogP contribution in [0.3, 0.4) is 0 Å². The number of halogens is 1. The molecular weight excluding hydrogens is 526 g/mol. The quantitative estimate of drug-likeness (QED) is 0.290. The number of nitrogens with one attached hydrogen (secondary N) is 1. The van der Waals surface area contributed by atoms with E-state index in [-0.39, 0.29) is 29.8 Å². The van der Waals surface area contributed by atoms with Gasteiger partial charge in [0.1, 0.15) is 34.5 Å². The van der Waals surface area contributed by atoms with Crippen LogP contribution in [0, 0.1) is 6.92 Å². The third-order valence-electron chi connectivity index (χ3n) is 6.09. The van der Waals surface area contributed by atoms with Crippen LogP contribution in [0.15, 0.2) is 53.4 Å². The van der Waals surface area contributed by atoms with Gasteiger partial charge in [-0.25, -0.2) is 15.0 Å². The van der Waals surface area contributed by atoms with Gasteiger partial charge in [0, 0.05) is 36.8 Å². The molecule has 5 rings (SSSR count). The van der Waals surface area contributed by atoms with Gasteiger partial charge >= 0.3 is 0 Å². The van der Waals surface area contributed by atoms with Crippen molar-refractivity contribution in [3.05, 3.63) is 64.9 Å². The van der Waals surface area contributed by atoms with Crippen LogP contribution in [0.2, 0.25) is 0 Å². The molecule has 3 aromatic heterocycles. The molecule has 10 nitrogen and oxygen atoms in total. The van der Waals surface area contributed by atoms with Crippen LogP contribution in [0.4, 0.5) is 5.82 Å². The summed E-state index contributed by atoms with van der Waals surface area (Å²) in [6.45, 7) is 3.64. The number of pyridine rings is 1. The normalized spacial score (nSPS) is 15.0. The van der Waals surface area contributed by atoms with Crippen molar-refractivity contribution < 1.29 is 14.4 Å². The first kappa shape index (κ1) is 23.7. The molecule has 0 bridgehead atoms. The maximum atomic E-state index is 13.1. The van der Waals surface area contributed by atoms with E-state index < -0.39 is 6.04 Å². The lowest BCUT2D eigenvalue weighted by Crippen LogP contribution is -2.57. The van der Waals surface area contributed by atoms with Gasteiger partial charge < -0.3 is 10.2 Å².